The third-order valence-electron chi connectivity index (χ3n) is 4.40. The highest BCUT2D eigenvalue weighted by atomic mass is 35.5. The van der Waals surface area contributed by atoms with Gasteiger partial charge in [-0.3, -0.25) is 10.2 Å². The Hall–Kier alpha value is -3.54. The highest BCUT2D eigenvalue weighted by Gasteiger charge is 2.00. The van der Waals surface area contributed by atoms with Crippen LogP contribution in [0.15, 0.2) is 68.5 Å². The van der Waals surface area contributed by atoms with Crippen molar-refractivity contribution in [2.24, 2.45) is 37.2 Å². The minimum atomic E-state index is 0.0176. The molecule has 0 amide bonds. The summed E-state index contributed by atoms with van der Waals surface area (Å²) in [5.74, 6) is 0.347. The summed E-state index contributed by atoms with van der Waals surface area (Å²) in [7, 11) is 0. The average Bonchev–Trinajstić information content (AvgIpc) is 2.82. The highest BCUT2D eigenvalue weighted by Crippen LogP contribution is 2.13. The second-order valence-electron chi connectivity index (χ2n) is 7.23. The van der Waals surface area contributed by atoms with Gasteiger partial charge in [-0.15, -0.1) is 0 Å². The van der Waals surface area contributed by atoms with Gasteiger partial charge < -0.3 is 27.8 Å². The number of hydrogen-bond donors (Lipinski definition) is 7. The first-order chi connectivity index (χ1) is 16.9. The molecule has 0 saturated carbocycles. The summed E-state index contributed by atoms with van der Waals surface area (Å²) in [6, 6.07) is 14.0. The fourth-order valence-electron chi connectivity index (χ4n) is 2.74. The number of anilines is 2. The molecule has 2 rings (SSSR count). The van der Waals surface area contributed by atoms with Gasteiger partial charge in [-0.2, -0.15) is 9.98 Å². The van der Waals surface area contributed by atoms with Crippen molar-refractivity contribution in [3.05, 3.63) is 58.6 Å². The van der Waals surface area contributed by atoms with E-state index in [4.69, 9.17) is 40.4 Å². The zero-order valence-corrected chi connectivity index (χ0v) is 20.6. The van der Waals surface area contributed by atoms with Crippen LogP contribution >= 0.6 is 23.2 Å². The molecule has 0 aliphatic carbocycles. The van der Waals surface area contributed by atoms with Crippen molar-refractivity contribution < 1.29 is 5.21 Å². The fraction of sp³-hybridized carbons (Fsp3) is 0.273. The van der Waals surface area contributed by atoms with Gasteiger partial charge in [-0.25, -0.2) is 10.5 Å². The molecule has 0 bridgehead atoms. The van der Waals surface area contributed by atoms with E-state index in [1.165, 1.54) is 0 Å². The second-order valence-corrected chi connectivity index (χ2v) is 8.10. The van der Waals surface area contributed by atoms with Crippen molar-refractivity contribution in [2.45, 2.75) is 25.7 Å². The molecule has 0 spiro atoms. The van der Waals surface area contributed by atoms with E-state index in [1.807, 2.05) is 5.48 Å². The Bertz CT molecular complexity index is 1040. The third-order valence-corrected chi connectivity index (χ3v) is 4.90. The minimum absolute atomic E-state index is 0.0176. The van der Waals surface area contributed by atoms with Crippen LogP contribution in [0.25, 0.3) is 0 Å². The van der Waals surface area contributed by atoms with Crippen LogP contribution in [-0.4, -0.2) is 42.1 Å². The Morgan fingerprint density at radius 1 is 0.686 bits per heavy atom. The quantitative estimate of drug-likeness (QED) is 0.114. The Balaban J connectivity index is 1.65. The Kier molecular flexibility index (Phi) is 12.2. The first kappa shape index (κ1) is 27.7. The van der Waals surface area contributed by atoms with Crippen LogP contribution in [-0.2, 0) is 0 Å². The van der Waals surface area contributed by atoms with Gasteiger partial charge in [-0.05, 0) is 61.4 Å². The zero-order chi connectivity index (χ0) is 25.5. The standard InChI is InChI=1S/C22H30Cl2N10O/c23-15-5-9-17(10-6-15)30-20(26)32-19(25)28-13-3-1-2-4-14-29-22(34-35)33-21(27)31-18-11-7-16(24)8-12-18/h5-12,35H,1-4,13-14H2,(H5,25,26,28,30,32)(H4,27,29,31,33,34). The molecule has 10 N–H and O–H groups in total. The number of unbranched alkanes of at least 4 members (excludes halogenated alkanes) is 3. The molecule has 0 saturated heterocycles. The number of hydrogen-bond acceptors (Lipinski definition) is 3. The van der Waals surface area contributed by atoms with Gasteiger partial charge >= 0.3 is 0 Å². The summed E-state index contributed by atoms with van der Waals surface area (Å²) in [4.78, 5) is 16.4. The average molecular weight is 521 g/mol. The predicted octanol–water partition coefficient (Wildman–Crippen LogP) is 3.36. The highest BCUT2D eigenvalue weighted by molar-refractivity contribution is 6.31. The van der Waals surface area contributed by atoms with E-state index in [1.54, 1.807) is 48.5 Å². The number of rotatable bonds is 9. The molecule has 0 heterocycles. The Labute approximate surface area is 214 Å². The molecule has 11 nitrogen and oxygen atoms in total. The summed E-state index contributed by atoms with van der Waals surface area (Å²) in [5.41, 5.74) is 20.8. The number of nitrogens with zero attached hydrogens (tertiary/aromatic N) is 4. The molecule has 0 aliphatic rings. The summed E-state index contributed by atoms with van der Waals surface area (Å²) in [6.45, 7) is 1.01. The number of guanidine groups is 4. The Morgan fingerprint density at radius 2 is 1.14 bits per heavy atom. The molecular formula is C22H30Cl2N10O. The van der Waals surface area contributed by atoms with Crippen molar-refractivity contribution in [1.82, 2.24) is 5.48 Å². The van der Waals surface area contributed by atoms with Crippen LogP contribution in [0.1, 0.15) is 25.7 Å². The van der Waals surface area contributed by atoms with Crippen LogP contribution in [0.5, 0.6) is 0 Å². The molecule has 2 aromatic rings. The molecule has 188 valence electrons. The normalized spacial score (nSPS) is 13.0. The van der Waals surface area contributed by atoms with E-state index in [2.05, 4.69) is 30.6 Å². The summed E-state index contributed by atoms with van der Waals surface area (Å²) >= 11 is 11.7. The van der Waals surface area contributed by atoms with Gasteiger partial charge in [0.15, 0.2) is 0 Å². The van der Waals surface area contributed by atoms with E-state index in [0.29, 0.717) is 28.8 Å². The molecule has 0 unspecified atom stereocenters. The molecule has 35 heavy (non-hydrogen) atoms. The summed E-state index contributed by atoms with van der Waals surface area (Å²) < 4.78 is 0. The third kappa shape index (κ3) is 11.9. The van der Waals surface area contributed by atoms with E-state index >= 15 is 0 Å². The van der Waals surface area contributed by atoms with E-state index < -0.39 is 0 Å². The smallest absolute Gasteiger partial charge is 0.245 e. The molecule has 13 heteroatoms. The molecule has 0 radical (unpaired) electrons. The van der Waals surface area contributed by atoms with E-state index in [0.717, 1.165) is 31.4 Å². The van der Waals surface area contributed by atoms with E-state index in [-0.39, 0.29) is 23.8 Å². The van der Waals surface area contributed by atoms with Crippen molar-refractivity contribution in [2.75, 3.05) is 23.7 Å². The molecule has 2 aromatic carbocycles. The van der Waals surface area contributed by atoms with Crippen LogP contribution in [0.3, 0.4) is 0 Å². The second kappa shape index (κ2) is 15.4. The van der Waals surface area contributed by atoms with Crippen molar-refractivity contribution >= 4 is 58.4 Å². The monoisotopic (exact) mass is 520 g/mol. The van der Waals surface area contributed by atoms with Crippen LogP contribution in [0.4, 0.5) is 11.4 Å². The number of nitrogens with one attached hydrogen (secondary N) is 3. The van der Waals surface area contributed by atoms with Gasteiger partial charge in [0.1, 0.15) is 0 Å². The van der Waals surface area contributed by atoms with Crippen LogP contribution in [0.2, 0.25) is 10.0 Å². The van der Waals surface area contributed by atoms with Crippen molar-refractivity contribution in [3.8, 4) is 0 Å². The molecule has 0 atom stereocenters. The lowest BCUT2D eigenvalue weighted by Crippen LogP contribution is -2.28. The number of nitrogens with two attached hydrogens (primary N) is 3. The van der Waals surface area contributed by atoms with Gasteiger partial charge in [0.25, 0.3) is 0 Å². The van der Waals surface area contributed by atoms with Crippen molar-refractivity contribution in [1.29, 1.82) is 0 Å². The van der Waals surface area contributed by atoms with Gasteiger partial charge in [0, 0.05) is 34.5 Å². The Morgan fingerprint density at radius 3 is 1.63 bits per heavy atom. The number of aliphatic imine (C=N–C) groups is 4. The maximum absolute atomic E-state index is 9.21. The van der Waals surface area contributed by atoms with Gasteiger partial charge in [0.2, 0.25) is 23.8 Å². The fourth-order valence-corrected chi connectivity index (χ4v) is 2.99. The molecular weight excluding hydrogens is 491 g/mol. The summed E-state index contributed by atoms with van der Waals surface area (Å²) in [5, 5.41) is 16.2. The summed E-state index contributed by atoms with van der Waals surface area (Å²) in [6.07, 6.45) is 3.50. The number of benzene rings is 2. The van der Waals surface area contributed by atoms with Crippen LogP contribution < -0.4 is 33.3 Å². The lowest BCUT2D eigenvalue weighted by molar-refractivity contribution is 0.232. The first-order valence-electron chi connectivity index (χ1n) is 10.8. The van der Waals surface area contributed by atoms with E-state index in [9.17, 15) is 5.21 Å². The first-order valence-corrected chi connectivity index (χ1v) is 11.6. The largest absolute Gasteiger partial charge is 0.369 e. The van der Waals surface area contributed by atoms with Gasteiger partial charge in [-0.1, -0.05) is 36.0 Å². The lowest BCUT2D eigenvalue weighted by atomic mass is 10.2. The topological polar surface area (TPSA) is 184 Å². The van der Waals surface area contributed by atoms with Gasteiger partial charge in [0.05, 0.1) is 0 Å². The van der Waals surface area contributed by atoms with Crippen LogP contribution in [0, 0.1) is 0 Å². The molecule has 0 aromatic heterocycles. The van der Waals surface area contributed by atoms with Crippen molar-refractivity contribution in [3.63, 3.8) is 0 Å². The predicted molar refractivity (Wildman–Crippen MR) is 146 cm³/mol. The molecule has 0 fully saturated rings. The maximum atomic E-state index is 9.21. The number of halogens is 2. The number of hydroxylamine groups is 1. The molecule has 0 aliphatic heterocycles. The maximum Gasteiger partial charge on any atom is 0.245 e. The lowest BCUT2D eigenvalue weighted by Gasteiger charge is -2.06. The zero-order valence-electron chi connectivity index (χ0n) is 19.1. The SMILES string of the molecule is NC(=NCCCCCCN=C(N=C(N)Nc1ccc(Cl)cc1)NO)N=C(N)Nc1ccc(Cl)cc1. The minimum Gasteiger partial charge on any atom is -0.369 e.